The number of thioether (sulfide) groups is 1. The van der Waals surface area contributed by atoms with Gasteiger partial charge in [-0.25, -0.2) is 9.59 Å². The molecule has 192 valence electrons. The number of urea groups is 1. The van der Waals surface area contributed by atoms with E-state index in [1.54, 1.807) is 16.7 Å². The maximum Gasteiger partial charge on any atom is 0.410 e. The predicted octanol–water partition coefficient (Wildman–Crippen LogP) is 5.67. The number of hydrogen-bond donors (Lipinski definition) is 2. The standard InChI is InChI=1S/C27H33N3O5S/c1-34-25(31)15-18-3-9-23(10-4-18)35-27(33)30-14-13-19-16-22(6-5-20(19)17-30)29-26(32)28-21-7-11-24(36-2)12-8-21/h5-8,11-12,16,18,23H,3-4,9-10,13-15,17H2,1-2H3,(H2,28,29,32). The van der Waals surface area contributed by atoms with Gasteiger partial charge in [0.1, 0.15) is 6.10 Å². The van der Waals surface area contributed by atoms with E-state index in [9.17, 15) is 14.4 Å². The highest BCUT2D eigenvalue weighted by atomic mass is 32.2. The lowest BCUT2D eigenvalue weighted by Crippen LogP contribution is -2.39. The van der Waals surface area contributed by atoms with Crippen molar-refractivity contribution in [2.45, 2.75) is 56.1 Å². The maximum atomic E-state index is 12.8. The number of benzene rings is 2. The molecule has 8 nitrogen and oxygen atoms in total. The number of rotatable bonds is 6. The molecule has 1 fully saturated rings. The molecule has 3 amide bonds. The van der Waals surface area contributed by atoms with Gasteiger partial charge in [-0.05, 0) is 91.8 Å². The van der Waals surface area contributed by atoms with Crippen LogP contribution < -0.4 is 10.6 Å². The molecule has 1 heterocycles. The minimum absolute atomic E-state index is 0.102. The first kappa shape index (κ1) is 25.9. The molecule has 2 aromatic carbocycles. The van der Waals surface area contributed by atoms with Gasteiger partial charge in [0.05, 0.1) is 7.11 Å². The van der Waals surface area contributed by atoms with Crippen LogP contribution in [0.3, 0.4) is 0 Å². The van der Waals surface area contributed by atoms with Crippen LogP contribution in [0.4, 0.5) is 21.0 Å². The summed E-state index contributed by atoms with van der Waals surface area (Å²) in [6.07, 6.45) is 6.03. The lowest BCUT2D eigenvalue weighted by molar-refractivity contribution is -0.142. The largest absolute Gasteiger partial charge is 0.469 e. The lowest BCUT2D eigenvalue weighted by atomic mass is 9.85. The Kier molecular flexibility index (Phi) is 8.74. The topological polar surface area (TPSA) is 97.0 Å². The Labute approximate surface area is 216 Å². The summed E-state index contributed by atoms with van der Waals surface area (Å²) in [5.41, 5.74) is 3.61. The predicted molar refractivity (Wildman–Crippen MR) is 140 cm³/mol. The van der Waals surface area contributed by atoms with Crippen LogP contribution in [0.2, 0.25) is 0 Å². The van der Waals surface area contributed by atoms with E-state index in [1.165, 1.54) is 7.11 Å². The van der Waals surface area contributed by atoms with E-state index >= 15 is 0 Å². The second-order valence-electron chi connectivity index (χ2n) is 9.27. The molecule has 0 aromatic heterocycles. The number of fused-ring (bicyclic) bond motifs is 1. The van der Waals surface area contributed by atoms with Gasteiger partial charge in [0, 0.05) is 35.8 Å². The first-order valence-corrected chi connectivity index (χ1v) is 13.5. The summed E-state index contributed by atoms with van der Waals surface area (Å²) in [5.74, 6) is 0.127. The third-order valence-corrected chi connectivity index (χ3v) is 7.57. The Morgan fingerprint density at radius 1 is 0.972 bits per heavy atom. The van der Waals surface area contributed by atoms with Crippen molar-refractivity contribution in [2.75, 3.05) is 30.5 Å². The summed E-state index contributed by atoms with van der Waals surface area (Å²) >= 11 is 1.65. The third kappa shape index (κ3) is 6.94. The van der Waals surface area contributed by atoms with Crippen molar-refractivity contribution in [2.24, 2.45) is 5.92 Å². The molecule has 9 heteroatoms. The number of hydrogen-bond acceptors (Lipinski definition) is 6. The van der Waals surface area contributed by atoms with Gasteiger partial charge >= 0.3 is 18.1 Å². The summed E-state index contributed by atoms with van der Waals surface area (Å²) in [5, 5.41) is 5.73. The third-order valence-electron chi connectivity index (χ3n) is 6.83. The van der Waals surface area contributed by atoms with Crippen molar-refractivity contribution in [3.63, 3.8) is 0 Å². The van der Waals surface area contributed by atoms with Crippen molar-refractivity contribution >= 4 is 41.2 Å². The monoisotopic (exact) mass is 511 g/mol. The molecule has 0 bridgehead atoms. The summed E-state index contributed by atoms with van der Waals surface area (Å²) < 4.78 is 10.5. The van der Waals surface area contributed by atoms with E-state index in [0.717, 1.165) is 47.4 Å². The van der Waals surface area contributed by atoms with Crippen molar-refractivity contribution in [3.05, 3.63) is 53.6 Å². The Bertz CT molecular complexity index is 1080. The fraction of sp³-hybridized carbons (Fsp3) is 0.444. The minimum Gasteiger partial charge on any atom is -0.469 e. The molecule has 0 saturated heterocycles. The van der Waals surface area contributed by atoms with E-state index in [-0.39, 0.29) is 24.2 Å². The smallest absolute Gasteiger partial charge is 0.410 e. The summed E-state index contributed by atoms with van der Waals surface area (Å²) in [6, 6.07) is 13.2. The Hall–Kier alpha value is -3.20. The first-order chi connectivity index (χ1) is 17.4. The molecular weight excluding hydrogens is 478 g/mol. The van der Waals surface area contributed by atoms with Gasteiger partial charge in [-0.3, -0.25) is 4.79 Å². The minimum atomic E-state index is -0.297. The second-order valence-corrected chi connectivity index (χ2v) is 10.1. The number of methoxy groups -OCH3 is 1. The van der Waals surface area contributed by atoms with Gasteiger partial charge in [0.15, 0.2) is 0 Å². The van der Waals surface area contributed by atoms with E-state index < -0.39 is 0 Å². The molecule has 2 aromatic rings. The fourth-order valence-electron chi connectivity index (χ4n) is 4.74. The number of carbonyl (C=O) groups excluding carboxylic acids is 3. The van der Waals surface area contributed by atoms with Gasteiger partial charge in [-0.15, -0.1) is 11.8 Å². The highest BCUT2D eigenvalue weighted by Gasteiger charge is 2.29. The Balaban J connectivity index is 1.25. The number of carbonyl (C=O) groups is 3. The summed E-state index contributed by atoms with van der Waals surface area (Å²) in [4.78, 5) is 39.5. The molecule has 2 aliphatic rings. The van der Waals surface area contributed by atoms with Crippen molar-refractivity contribution in [1.29, 1.82) is 0 Å². The van der Waals surface area contributed by atoms with E-state index in [1.807, 2.05) is 48.7 Å². The number of nitrogens with zero attached hydrogens (tertiary/aromatic N) is 1. The van der Waals surface area contributed by atoms with Gasteiger partial charge in [-0.2, -0.15) is 0 Å². The van der Waals surface area contributed by atoms with Gasteiger partial charge in [-0.1, -0.05) is 6.07 Å². The van der Waals surface area contributed by atoms with Crippen molar-refractivity contribution in [1.82, 2.24) is 4.90 Å². The molecule has 0 atom stereocenters. The fourth-order valence-corrected chi connectivity index (χ4v) is 5.15. The van der Waals surface area contributed by atoms with E-state index in [0.29, 0.717) is 37.5 Å². The zero-order valence-electron chi connectivity index (χ0n) is 20.7. The zero-order chi connectivity index (χ0) is 25.5. The molecule has 2 N–H and O–H groups in total. The molecule has 4 rings (SSSR count). The molecule has 1 saturated carbocycles. The number of ether oxygens (including phenoxy) is 2. The van der Waals surface area contributed by atoms with Gasteiger partial charge < -0.3 is 25.0 Å². The molecule has 0 radical (unpaired) electrons. The quantitative estimate of drug-likeness (QED) is 0.383. The lowest BCUT2D eigenvalue weighted by Gasteiger charge is -2.32. The SMILES string of the molecule is COC(=O)CC1CCC(OC(=O)N2CCc3cc(NC(=O)Nc4ccc(SC)cc4)ccc3C2)CC1. The maximum absolute atomic E-state index is 12.8. The van der Waals surface area contributed by atoms with Crippen LogP contribution in [0.15, 0.2) is 47.4 Å². The van der Waals surface area contributed by atoms with Crippen LogP contribution in [0, 0.1) is 5.92 Å². The molecule has 0 unspecified atom stereocenters. The summed E-state index contributed by atoms with van der Waals surface area (Å²) in [7, 11) is 1.41. The molecule has 0 spiro atoms. The highest BCUT2D eigenvalue weighted by molar-refractivity contribution is 7.98. The number of amides is 3. The van der Waals surface area contributed by atoms with Gasteiger partial charge in [0.25, 0.3) is 0 Å². The van der Waals surface area contributed by atoms with Gasteiger partial charge in [0.2, 0.25) is 0 Å². The van der Waals surface area contributed by atoms with Crippen molar-refractivity contribution < 1.29 is 23.9 Å². The Morgan fingerprint density at radius 3 is 2.36 bits per heavy atom. The van der Waals surface area contributed by atoms with Crippen LogP contribution in [-0.2, 0) is 27.2 Å². The van der Waals surface area contributed by atoms with E-state index in [4.69, 9.17) is 9.47 Å². The number of anilines is 2. The van der Waals surface area contributed by atoms with Crippen LogP contribution in [0.5, 0.6) is 0 Å². The average Bonchev–Trinajstić information content (AvgIpc) is 2.89. The van der Waals surface area contributed by atoms with Crippen LogP contribution in [0.25, 0.3) is 0 Å². The highest BCUT2D eigenvalue weighted by Crippen LogP contribution is 2.30. The summed E-state index contributed by atoms with van der Waals surface area (Å²) in [6.45, 7) is 1.06. The zero-order valence-corrected chi connectivity index (χ0v) is 21.6. The molecule has 36 heavy (non-hydrogen) atoms. The molecule has 1 aliphatic heterocycles. The first-order valence-electron chi connectivity index (χ1n) is 12.3. The number of nitrogens with one attached hydrogen (secondary N) is 2. The second kappa shape index (κ2) is 12.2. The van der Waals surface area contributed by atoms with E-state index in [2.05, 4.69) is 10.6 Å². The molecular formula is C27H33N3O5S. The average molecular weight is 512 g/mol. The molecule has 1 aliphatic carbocycles. The van der Waals surface area contributed by atoms with Crippen LogP contribution in [0.1, 0.15) is 43.2 Å². The van der Waals surface area contributed by atoms with Crippen LogP contribution in [-0.4, -0.2) is 49.0 Å². The normalized spacial score (nSPS) is 19.1. The van der Waals surface area contributed by atoms with Crippen molar-refractivity contribution in [3.8, 4) is 0 Å². The Morgan fingerprint density at radius 2 is 1.67 bits per heavy atom. The number of esters is 1. The van der Waals surface area contributed by atoms with Crippen LogP contribution >= 0.6 is 11.8 Å².